The molecule has 0 aliphatic heterocycles. The highest BCUT2D eigenvalue weighted by atomic mass is 35.5. The molecule has 0 amide bonds. The molecule has 1 aromatic heterocycles. The molecule has 1 aromatic rings. The lowest BCUT2D eigenvalue weighted by Crippen LogP contribution is -2.40. The maximum Gasteiger partial charge on any atom is 0.250 e. The highest BCUT2D eigenvalue weighted by Gasteiger charge is 2.40. The Balaban J connectivity index is 2.31. The van der Waals surface area contributed by atoms with Gasteiger partial charge in [0, 0.05) is 12.0 Å². The van der Waals surface area contributed by atoms with Gasteiger partial charge in [0.1, 0.15) is 5.76 Å². The summed E-state index contributed by atoms with van der Waals surface area (Å²) in [4.78, 5) is 4.55. The van der Waals surface area contributed by atoms with E-state index < -0.39 is 8.32 Å². The molecule has 0 atom stereocenters. The summed E-state index contributed by atoms with van der Waals surface area (Å²) in [6.07, 6.45) is 2.98. The highest BCUT2D eigenvalue weighted by Crippen LogP contribution is 2.41. The summed E-state index contributed by atoms with van der Waals surface area (Å²) < 4.78 is 6.39. The van der Waals surface area contributed by atoms with E-state index in [1.807, 2.05) is 13.0 Å². The van der Waals surface area contributed by atoms with Gasteiger partial charge in [0.2, 0.25) is 8.32 Å². The van der Waals surface area contributed by atoms with E-state index in [1.165, 1.54) is 0 Å². The second kappa shape index (κ2) is 4.64. The Labute approximate surface area is 122 Å². The van der Waals surface area contributed by atoms with E-state index in [4.69, 9.17) is 16.0 Å². The fourth-order valence-corrected chi connectivity index (χ4v) is 3.02. The normalized spacial score (nSPS) is 15.2. The van der Waals surface area contributed by atoms with Crippen LogP contribution in [0.2, 0.25) is 23.2 Å². The van der Waals surface area contributed by atoms with Crippen molar-refractivity contribution in [2.45, 2.75) is 52.2 Å². The average Bonchev–Trinajstić information content (AvgIpc) is 2.60. The summed E-state index contributed by atoms with van der Waals surface area (Å²) in [5.74, 6) is 0.969. The molecular formula is C15H22ClNOSi. The Morgan fingerprint density at radius 2 is 1.95 bits per heavy atom. The minimum Gasteiger partial charge on any atom is -0.543 e. The molecule has 0 unspecified atom stereocenters. The summed E-state index contributed by atoms with van der Waals surface area (Å²) in [6, 6.07) is 1.99. The summed E-state index contributed by atoms with van der Waals surface area (Å²) >= 11 is 6.18. The number of hydrogen-bond acceptors (Lipinski definition) is 2. The number of aromatic nitrogens is 1. The molecule has 4 heteroatoms. The van der Waals surface area contributed by atoms with Crippen LogP contribution in [-0.4, -0.2) is 13.3 Å². The molecule has 0 spiro atoms. The van der Waals surface area contributed by atoms with Gasteiger partial charge in [0.05, 0.1) is 16.4 Å². The van der Waals surface area contributed by atoms with Crippen molar-refractivity contribution in [3.63, 3.8) is 0 Å². The average molecular weight is 296 g/mol. The molecule has 2 nitrogen and oxygen atoms in total. The van der Waals surface area contributed by atoms with Crippen LogP contribution in [0, 0.1) is 6.92 Å². The summed E-state index contributed by atoms with van der Waals surface area (Å²) in [6.45, 7) is 13.2. The maximum atomic E-state index is 6.39. The number of allylic oxidation sites excluding steroid dienone is 1. The lowest BCUT2D eigenvalue weighted by atomic mass is 10.2. The third-order valence-corrected chi connectivity index (χ3v) is 8.87. The molecule has 1 aliphatic carbocycles. The van der Waals surface area contributed by atoms with E-state index in [1.54, 1.807) is 0 Å². The van der Waals surface area contributed by atoms with E-state index in [0.717, 1.165) is 29.1 Å². The fraction of sp³-hybridized carbons (Fsp3) is 0.533. The molecule has 19 heavy (non-hydrogen) atoms. The van der Waals surface area contributed by atoms with Gasteiger partial charge in [0.25, 0.3) is 0 Å². The smallest absolute Gasteiger partial charge is 0.250 e. The van der Waals surface area contributed by atoms with Crippen molar-refractivity contribution in [3.8, 4) is 0 Å². The van der Waals surface area contributed by atoms with Crippen molar-refractivity contribution < 1.29 is 4.43 Å². The van der Waals surface area contributed by atoms with E-state index in [-0.39, 0.29) is 5.04 Å². The topological polar surface area (TPSA) is 22.1 Å². The second-order valence-corrected chi connectivity index (χ2v) is 11.8. The number of aryl methyl sites for hydroxylation is 1. The van der Waals surface area contributed by atoms with Crippen molar-refractivity contribution in [1.82, 2.24) is 4.98 Å². The van der Waals surface area contributed by atoms with Crippen LogP contribution in [0.15, 0.2) is 12.1 Å². The van der Waals surface area contributed by atoms with Crippen molar-refractivity contribution in [3.05, 3.63) is 34.1 Å². The van der Waals surface area contributed by atoms with Gasteiger partial charge in [-0.05, 0) is 37.2 Å². The van der Waals surface area contributed by atoms with Gasteiger partial charge in [-0.3, -0.25) is 4.98 Å². The maximum absolute atomic E-state index is 6.39. The van der Waals surface area contributed by atoms with Crippen molar-refractivity contribution >= 4 is 25.7 Å². The van der Waals surface area contributed by atoms with Crippen LogP contribution in [-0.2, 0) is 10.8 Å². The molecule has 1 heterocycles. The molecule has 0 bridgehead atoms. The molecule has 2 rings (SSSR count). The first-order valence-electron chi connectivity index (χ1n) is 6.67. The van der Waals surface area contributed by atoms with E-state index in [0.29, 0.717) is 5.02 Å². The zero-order valence-corrected chi connectivity index (χ0v) is 14.4. The molecular weight excluding hydrogens is 274 g/mol. The van der Waals surface area contributed by atoms with Crippen LogP contribution >= 0.6 is 11.6 Å². The van der Waals surface area contributed by atoms with Gasteiger partial charge in [-0.15, -0.1) is 0 Å². The third kappa shape index (κ3) is 2.72. The van der Waals surface area contributed by atoms with Crippen LogP contribution in [0.3, 0.4) is 0 Å². The molecule has 0 radical (unpaired) electrons. The van der Waals surface area contributed by atoms with E-state index in [9.17, 15) is 0 Å². The monoisotopic (exact) mass is 295 g/mol. The second-order valence-electron chi connectivity index (χ2n) is 6.68. The summed E-state index contributed by atoms with van der Waals surface area (Å²) in [5, 5.41) is 0.906. The van der Waals surface area contributed by atoms with Crippen LogP contribution in [0.1, 0.15) is 37.7 Å². The van der Waals surface area contributed by atoms with Crippen molar-refractivity contribution in [2.24, 2.45) is 0 Å². The molecule has 0 saturated carbocycles. The predicted octanol–water partition coefficient (Wildman–Crippen LogP) is 4.96. The van der Waals surface area contributed by atoms with E-state index >= 15 is 0 Å². The lowest BCUT2D eigenvalue weighted by Gasteiger charge is -2.37. The lowest BCUT2D eigenvalue weighted by molar-refractivity contribution is 0.458. The molecule has 0 saturated heterocycles. The zero-order chi connectivity index (χ0) is 14.4. The van der Waals surface area contributed by atoms with Gasteiger partial charge in [0.15, 0.2) is 0 Å². The number of rotatable bonds is 2. The number of pyridine rings is 1. The van der Waals surface area contributed by atoms with Gasteiger partial charge in [-0.2, -0.15) is 0 Å². The Hall–Kier alpha value is -0.803. The highest BCUT2D eigenvalue weighted by molar-refractivity contribution is 6.74. The molecule has 0 N–H and O–H groups in total. The summed E-state index contributed by atoms with van der Waals surface area (Å²) in [7, 11) is -1.81. The van der Waals surface area contributed by atoms with Crippen LogP contribution in [0.4, 0.5) is 0 Å². The van der Waals surface area contributed by atoms with Gasteiger partial charge < -0.3 is 4.43 Å². The predicted molar refractivity (Wildman–Crippen MR) is 83.9 cm³/mol. The molecule has 1 aliphatic rings. The Morgan fingerprint density at radius 1 is 1.32 bits per heavy atom. The van der Waals surface area contributed by atoms with Gasteiger partial charge in [-0.1, -0.05) is 32.4 Å². The Kier molecular flexibility index (Phi) is 3.56. The Morgan fingerprint density at radius 3 is 2.53 bits per heavy atom. The van der Waals surface area contributed by atoms with Crippen LogP contribution in [0.25, 0.3) is 5.76 Å². The number of halogens is 1. The number of nitrogens with zero attached hydrogens (tertiary/aromatic N) is 1. The molecule has 104 valence electrons. The number of hydrogen-bond donors (Lipinski definition) is 0. The first kappa shape index (κ1) is 14.6. The first-order valence-corrected chi connectivity index (χ1v) is 9.96. The van der Waals surface area contributed by atoms with E-state index in [2.05, 4.69) is 44.9 Å². The van der Waals surface area contributed by atoms with Crippen LogP contribution in [0.5, 0.6) is 0 Å². The summed E-state index contributed by atoms with van der Waals surface area (Å²) in [5.41, 5.74) is 3.04. The molecule has 0 fully saturated rings. The van der Waals surface area contributed by atoms with Crippen molar-refractivity contribution in [2.75, 3.05) is 0 Å². The minimum atomic E-state index is -1.81. The SMILES string of the molecule is Cc1nc2c(cc1Cl)C(O[Si](C)(C)C(C)(C)C)=CC2. The third-order valence-electron chi connectivity index (χ3n) is 4.15. The first-order chi connectivity index (χ1) is 8.62. The largest absolute Gasteiger partial charge is 0.543 e. The fourth-order valence-electron chi connectivity index (χ4n) is 1.82. The number of fused-ring (bicyclic) bond motifs is 1. The van der Waals surface area contributed by atoms with Gasteiger partial charge in [-0.25, -0.2) is 0 Å². The van der Waals surface area contributed by atoms with Crippen LogP contribution < -0.4 is 0 Å². The minimum absolute atomic E-state index is 0.193. The van der Waals surface area contributed by atoms with Crippen molar-refractivity contribution in [1.29, 1.82) is 0 Å². The quantitative estimate of drug-likeness (QED) is 0.719. The Bertz CT molecular complexity index is 544. The van der Waals surface area contributed by atoms with Gasteiger partial charge >= 0.3 is 0 Å². The zero-order valence-electron chi connectivity index (χ0n) is 12.6. The standard InChI is InChI=1S/C15H22ClNOSi/c1-10-12(16)9-11-13(17-10)7-8-14(11)18-19(5,6)15(2,3)4/h8-9H,7H2,1-6H3. The molecule has 0 aromatic carbocycles.